The molecule has 23 heavy (non-hydrogen) atoms. The zero-order valence-electron chi connectivity index (χ0n) is 14.5. The molecule has 0 aliphatic carbocycles. The van der Waals surface area contributed by atoms with Gasteiger partial charge in [-0.05, 0) is 39.7 Å². The van der Waals surface area contributed by atoms with Crippen molar-refractivity contribution in [2.24, 2.45) is 0 Å². The molecule has 0 spiro atoms. The molecule has 1 aromatic carbocycles. The van der Waals surface area contributed by atoms with E-state index in [1.165, 1.54) is 0 Å². The van der Waals surface area contributed by atoms with E-state index in [2.05, 4.69) is 17.6 Å². The van der Waals surface area contributed by atoms with Crippen LogP contribution in [0, 0.1) is 0 Å². The zero-order valence-corrected chi connectivity index (χ0v) is 14.5. The van der Waals surface area contributed by atoms with Gasteiger partial charge < -0.3 is 20.1 Å². The Morgan fingerprint density at radius 2 is 2.04 bits per heavy atom. The second-order valence-electron chi connectivity index (χ2n) is 6.99. The number of nitrogens with one attached hydrogen (secondary N) is 2. The van der Waals surface area contributed by atoms with Gasteiger partial charge in [-0.3, -0.25) is 0 Å². The van der Waals surface area contributed by atoms with Gasteiger partial charge in [0, 0.05) is 19.2 Å². The highest BCUT2D eigenvalue weighted by Gasteiger charge is 2.26. The molecule has 3 atom stereocenters. The monoisotopic (exact) mass is 320 g/mol. The lowest BCUT2D eigenvalue weighted by Gasteiger charge is -2.26. The van der Waals surface area contributed by atoms with Crippen molar-refractivity contribution in [3.8, 4) is 0 Å². The molecule has 1 aliphatic rings. The van der Waals surface area contributed by atoms with E-state index in [0.717, 1.165) is 18.6 Å². The first-order valence-electron chi connectivity index (χ1n) is 8.24. The van der Waals surface area contributed by atoms with Crippen molar-refractivity contribution < 1.29 is 14.3 Å². The molecule has 1 aromatic rings. The van der Waals surface area contributed by atoms with Crippen LogP contribution < -0.4 is 10.6 Å². The minimum absolute atomic E-state index is 0.140. The molecule has 1 heterocycles. The summed E-state index contributed by atoms with van der Waals surface area (Å²) in [6, 6.07) is 10.1. The Labute approximate surface area is 138 Å². The summed E-state index contributed by atoms with van der Waals surface area (Å²) in [7, 11) is 0. The average Bonchev–Trinajstić information content (AvgIpc) is 2.88. The molecule has 3 unspecified atom stereocenters. The maximum atomic E-state index is 12.1. The second-order valence-corrected chi connectivity index (χ2v) is 6.99. The number of hydrogen-bond acceptors (Lipinski definition) is 4. The molecule has 0 saturated carbocycles. The molecule has 1 amide bonds. The van der Waals surface area contributed by atoms with Crippen LogP contribution in [0.5, 0.6) is 0 Å². The highest BCUT2D eigenvalue weighted by molar-refractivity contribution is 5.68. The van der Waals surface area contributed by atoms with E-state index < -0.39 is 11.7 Å². The van der Waals surface area contributed by atoms with Crippen LogP contribution >= 0.6 is 0 Å². The number of hydrogen-bond donors (Lipinski definition) is 2. The van der Waals surface area contributed by atoms with Gasteiger partial charge in [-0.1, -0.05) is 30.3 Å². The molecule has 1 aliphatic heterocycles. The smallest absolute Gasteiger partial charge is 0.408 e. The first-order chi connectivity index (χ1) is 10.8. The van der Waals surface area contributed by atoms with Gasteiger partial charge >= 0.3 is 6.09 Å². The number of carbonyl (C=O) groups is 1. The van der Waals surface area contributed by atoms with Crippen molar-refractivity contribution >= 4 is 6.09 Å². The van der Waals surface area contributed by atoms with E-state index in [9.17, 15) is 4.79 Å². The van der Waals surface area contributed by atoms with Gasteiger partial charge in [0.1, 0.15) is 5.60 Å². The van der Waals surface area contributed by atoms with Crippen molar-refractivity contribution in [2.75, 3.05) is 13.2 Å². The minimum atomic E-state index is -0.507. The Kier molecular flexibility index (Phi) is 6.02. The van der Waals surface area contributed by atoms with Gasteiger partial charge in [0.15, 0.2) is 0 Å². The van der Waals surface area contributed by atoms with Gasteiger partial charge in [-0.15, -0.1) is 0 Å². The Morgan fingerprint density at radius 3 is 2.61 bits per heavy atom. The van der Waals surface area contributed by atoms with E-state index in [1.54, 1.807) is 0 Å². The van der Waals surface area contributed by atoms with Crippen LogP contribution in [0.4, 0.5) is 4.79 Å². The lowest BCUT2D eigenvalue weighted by molar-refractivity contribution is 0.0501. The Morgan fingerprint density at radius 1 is 1.35 bits per heavy atom. The van der Waals surface area contributed by atoms with Crippen LogP contribution in [0.25, 0.3) is 0 Å². The molecular weight excluding hydrogens is 292 g/mol. The fourth-order valence-electron chi connectivity index (χ4n) is 2.66. The van der Waals surface area contributed by atoms with Gasteiger partial charge in [-0.2, -0.15) is 0 Å². The first kappa shape index (κ1) is 17.8. The van der Waals surface area contributed by atoms with E-state index in [0.29, 0.717) is 12.6 Å². The summed E-state index contributed by atoms with van der Waals surface area (Å²) in [5, 5.41) is 6.47. The van der Waals surface area contributed by atoms with Crippen LogP contribution in [0.3, 0.4) is 0 Å². The molecule has 0 radical (unpaired) electrons. The number of rotatable bonds is 5. The number of alkyl carbamates (subject to hydrolysis) is 1. The van der Waals surface area contributed by atoms with Crippen molar-refractivity contribution in [1.29, 1.82) is 0 Å². The molecular formula is C18H28N2O3. The standard InChI is InChI=1S/C18H28N2O3/c1-13-15(10-11-22-13)19-12-16(14-8-6-5-7-9-14)20-17(21)23-18(2,3)4/h5-9,13,15-16,19H,10-12H2,1-4H3,(H,20,21). The molecule has 5 nitrogen and oxygen atoms in total. The molecule has 5 heteroatoms. The highest BCUT2D eigenvalue weighted by Crippen LogP contribution is 2.17. The maximum Gasteiger partial charge on any atom is 0.408 e. The normalized spacial score (nSPS) is 22.6. The molecule has 128 valence electrons. The highest BCUT2D eigenvalue weighted by atomic mass is 16.6. The SMILES string of the molecule is CC1OCCC1NCC(NC(=O)OC(C)(C)C)c1ccccc1. The summed E-state index contributed by atoms with van der Waals surface area (Å²) >= 11 is 0. The first-order valence-corrected chi connectivity index (χ1v) is 8.24. The molecule has 0 bridgehead atoms. The third-order valence-corrected chi connectivity index (χ3v) is 3.85. The van der Waals surface area contributed by atoms with Crippen molar-refractivity contribution in [1.82, 2.24) is 10.6 Å². The third-order valence-electron chi connectivity index (χ3n) is 3.85. The van der Waals surface area contributed by atoms with Gasteiger partial charge in [0.25, 0.3) is 0 Å². The predicted octanol–water partition coefficient (Wildman–Crippen LogP) is 3.02. The lowest BCUT2D eigenvalue weighted by atomic mass is 10.1. The minimum Gasteiger partial charge on any atom is -0.444 e. The van der Waals surface area contributed by atoms with Crippen molar-refractivity contribution in [3.63, 3.8) is 0 Å². The van der Waals surface area contributed by atoms with Crippen LogP contribution in [-0.2, 0) is 9.47 Å². The predicted molar refractivity (Wildman–Crippen MR) is 90.4 cm³/mol. The number of ether oxygens (including phenoxy) is 2. The fourth-order valence-corrected chi connectivity index (χ4v) is 2.66. The number of carbonyl (C=O) groups excluding carboxylic acids is 1. The van der Waals surface area contributed by atoms with Crippen molar-refractivity contribution in [2.45, 2.75) is 57.9 Å². The molecule has 0 aromatic heterocycles. The summed E-state index contributed by atoms with van der Waals surface area (Å²) in [5.74, 6) is 0. The molecule has 1 fully saturated rings. The summed E-state index contributed by atoms with van der Waals surface area (Å²) in [5.41, 5.74) is 0.546. The molecule has 2 rings (SSSR count). The Hall–Kier alpha value is -1.59. The van der Waals surface area contributed by atoms with Crippen LogP contribution in [0.15, 0.2) is 30.3 Å². The number of amides is 1. The van der Waals surface area contributed by atoms with Crippen LogP contribution in [0.1, 0.15) is 45.7 Å². The largest absolute Gasteiger partial charge is 0.444 e. The fraction of sp³-hybridized carbons (Fsp3) is 0.611. The average molecular weight is 320 g/mol. The summed E-state index contributed by atoms with van der Waals surface area (Å²) in [4.78, 5) is 12.1. The van der Waals surface area contributed by atoms with Crippen LogP contribution in [-0.4, -0.2) is 37.0 Å². The summed E-state index contributed by atoms with van der Waals surface area (Å²) in [6.07, 6.45) is 0.798. The summed E-state index contributed by atoms with van der Waals surface area (Å²) < 4.78 is 11.0. The van der Waals surface area contributed by atoms with E-state index in [-0.39, 0.29) is 12.1 Å². The van der Waals surface area contributed by atoms with E-state index in [1.807, 2.05) is 51.1 Å². The zero-order chi connectivity index (χ0) is 16.9. The Balaban J connectivity index is 1.99. The third kappa shape index (κ3) is 5.84. The number of benzene rings is 1. The van der Waals surface area contributed by atoms with Gasteiger partial charge in [0.05, 0.1) is 12.1 Å². The Bertz CT molecular complexity index is 499. The van der Waals surface area contributed by atoms with E-state index in [4.69, 9.17) is 9.47 Å². The topological polar surface area (TPSA) is 59.6 Å². The van der Waals surface area contributed by atoms with Gasteiger partial charge in [0.2, 0.25) is 0 Å². The maximum absolute atomic E-state index is 12.1. The summed E-state index contributed by atoms with van der Waals surface area (Å²) in [6.45, 7) is 9.08. The lowest BCUT2D eigenvalue weighted by Crippen LogP contribution is -2.43. The van der Waals surface area contributed by atoms with Gasteiger partial charge in [-0.25, -0.2) is 4.79 Å². The second kappa shape index (κ2) is 7.79. The van der Waals surface area contributed by atoms with Crippen LogP contribution in [0.2, 0.25) is 0 Å². The van der Waals surface area contributed by atoms with E-state index >= 15 is 0 Å². The molecule has 1 saturated heterocycles. The molecule has 2 N–H and O–H groups in total. The quantitative estimate of drug-likeness (QED) is 0.875. The van der Waals surface area contributed by atoms with Crippen molar-refractivity contribution in [3.05, 3.63) is 35.9 Å².